The van der Waals surface area contributed by atoms with Crippen molar-refractivity contribution in [2.24, 2.45) is 0 Å². The largest absolute Gasteiger partial charge is 0.574 e. The van der Waals surface area contributed by atoms with Gasteiger partial charge in [-0.15, -0.1) is 13.2 Å². The summed E-state index contributed by atoms with van der Waals surface area (Å²) >= 11 is 6.89. The summed E-state index contributed by atoms with van der Waals surface area (Å²) in [6.45, 7) is 1.40. The molecule has 0 radical (unpaired) electrons. The maximum absolute atomic E-state index is 12.0. The molecule has 0 saturated heterocycles. The molecule has 0 unspecified atom stereocenters. The number of hydrogen-bond acceptors (Lipinski definition) is 3. The minimum absolute atomic E-state index is 0.194. The first-order valence-electron chi connectivity index (χ1n) is 3.83. The molecule has 0 fully saturated rings. The number of rotatable bonds is 2. The van der Waals surface area contributed by atoms with Crippen molar-refractivity contribution in [2.75, 3.05) is 0 Å². The maximum atomic E-state index is 12.0. The maximum Gasteiger partial charge on any atom is 0.574 e. The number of carbonyl (C=O) groups is 1. The zero-order chi connectivity index (χ0) is 12.5. The first-order valence-corrected chi connectivity index (χ1v) is 5.29. The van der Waals surface area contributed by atoms with Crippen LogP contribution in [0.2, 0.25) is 0 Å². The summed E-state index contributed by atoms with van der Waals surface area (Å²) in [5, 5.41) is -0.940. The number of pyridine rings is 1. The number of nitrogens with zero attached hydrogens (tertiary/aromatic N) is 1. The van der Waals surface area contributed by atoms with Crippen molar-refractivity contribution in [3.8, 4) is 5.88 Å². The molecular weight excluding hydrogens is 361 g/mol. The van der Waals surface area contributed by atoms with Crippen molar-refractivity contribution >= 4 is 39.4 Å². The van der Waals surface area contributed by atoms with Gasteiger partial charge in [-0.05, 0) is 47.2 Å². The van der Waals surface area contributed by atoms with Gasteiger partial charge < -0.3 is 4.74 Å². The fraction of sp³-hybridized carbons (Fsp3) is 0.250. The van der Waals surface area contributed by atoms with E-state index >= 15 is 0 Å². The van der Waals surface area contributed by atoms with Gasteiger partial charge in [-0.3, -0.25) is 4.79 Å². The SMILES string of the molecule is Cc1c(I)cc(C(=O)Cl)nc1OC(F)(F)F. The molecule has 88 valence electrons. The topological polar surface area (TPSA) is 39.2 Å². The standard InChI is InChI=1S/C8H4ClF3INO2/c1-3-4(13)2-5(6(9)15)14-7(3)16-8(10,11)12/h2H,1H3. The van der Waals surface area contributed by atoms with Crippen LogP contribution in [0, 0.1) is 10.5 Å². The molecule has 0 aromatic carbocycles. The van der Waals surface area contributed by atoms with Crippen LogP contribution in [-0.4, -0.2) is 16.6 Å². The lowest BCUT2D eigenvalue weighted by molar-refractivity contribution is -0.276. The lowest BCUT2D eigenvalue weighted by Gasteiger charge is -2.11. The Morgan fingerprint density at radius 2 is 2.12 bits per heavy atom. The Kier molecular flexibility index (Phi) is 4.00. The van der Waals surface area contributed by atoms with E-state index in [1.54, 1.807) is 22.6 Å². The van der Waals surface area contributed by atoms with Gasteiger partial charge in [0.05, 0.1) is 0 Å². The van der Waals surface area contributed by atoms with Crippen molar-refractivity contribution in [3.05, 3.63) is 20.9 Å². The Morgan fingerprint density at radius 3 is 2.56 bits per heavy atom. The highest BCUT2D eigenvalue weighted by Gasteiger charge is 2.33. The number of halogens is 5. The Bertz CT molecular complexity index is 436. The first kappa shape index (κ1) is 13.5. The smallest absolute Gasteiger partial charge is 0.388 e. The van der Waals surface area contributed by atoms with E-state index in [-0.39, 0.29) is 11.3 Å². The van der Waals surface area contributed by atoms with Crippen LogP contribution in [0.5, 0.6) is 5.88 Å². The molecule has 0 bridgehead atoms. The number of hydrogen-bond donors (Lipinski definition) is 0. The minimum Gasteiger partial charge on any atom is -0.388 e. The van der Waals surface area contributed by atoms with Gasteiger partial charge in [0.1, 0.15) is 5.69 Å². The Labute approximate surface area is 107 Å². The Hall–Kier alpha value is -0.570. The normalized spacial score (nSPS) is 11.4. The average Bonchev–Trinajstić information content (AvgIpc) is 2.10. The van der Waals surface area contributed by atoms with E-state index < -0.39 is 17.5 Å². The van der Waals surface area contributed by atoms with E-state index in [0.717, 1.165) is 0 Å². The fourth-order valence-corrected chi connectivity index (χ4v) is 1.49. The van der Waals surface area contributed by atoms with Crippen LogP contribution in [0.3, 0.4) is 0 Å². The zero-order valence-electron chi connectivity index (χ0n) is 7.73. The van der Waals surface area contributed by atoms with Gasteiger partial charge in [-0.1, -0.05) is 0 Å². The molecule has 1 aromatic heterocycles. The van der Waals surface area contributed by atoms with Gasteiger partial charge >= 0.3 is 6.36 Å². The molecule has 1 aromatic rings. The van der Waals surface area contributed by atoms with Crippen molar-refractivity contribution in [1.29, 1.82) is 0 Å². The van der Waals surface area contributed by atoms with Crippen LogP contribution in [0.15, 0.2) is 6.07 Å². The van der Waals surface area contributed by atoms with Crippen LogP contribution < -0.4 is 4.74 Å². The van der Waals surface area contributed by atoms with Gasteiger partial charge in [0.2, 0.25) is 5.88 Å². The molecule has 0 atom stereocenters. The third-order valence-electron chi connectivity index (χ3n) is 1.58. The molecule has 16 heavy (non-hydrogen) atoms. The molecule has 0 N–H and O–H groups in total. The fourth-order valence-electron chi connectivity index (χ4n) is 0.866. The molecule has 8 heteroatoms. The molecule has 0 spiro atoms. The Balaban J connectivity index is 3.22. The summed E-state index contributed by atoms with van der Waals surface area (Å²) in [5.41, 5.74) is -0.0875. The summed E-state index contributed by atoms with van der Waals surface area (Å²) in [6.07, 6.45) is -4.85. The summed E-state index contributed by atoms with van der Waals surface area (Å²) in [4.78, 5) is 14.2. The summed E-state index contributed by atoms with van der Waals surface area (Å²) in [5.74, 6) is -0.664. The van der Waals surface area contributed by atoms with Crippen LogP contribution in [0.25, 0.3) is 0 Å². The van der Waals surface area contributed by atoms with E-state index in [1.807, 2.05) is 0 Å². The van der Waals surface area contributed by atoms with Gasteiger partial charge in [-0.25, -0.2) is 4.98 Å². The number of carbonyl (C=O) groups excluding carboxylic acids is 1. The number of alkyl halides is 3. The monoisotopic (exact) mass is 365 g/mol. The molecule has 0 aliphatic carbocycles. The number of ether oxygens (including phenoxy) is 1. The van der Waals surface area contributed by atoms with Gasteiger partial charge in [0.15, 0.2) is 0 Å². The summed E-state index contributed by atoms with van der Waals surface area (Å²) < 4.78 is 40.1. The van der Waals surface area contributed by atoms with Crippen molar-refractivity contribution in [2.45, 2.75) is 13.3 Å². The molecule has 0 saturated carbocycles. The second-order valence-electron chi connectivity index (χ2n) is 2.74. The summed E-state index contributed by atoms with van der Waals surface area (Å²) in [7, 11) is 0. The van der Waals surface area contributed by atoms with Crippen molar-refractivity contribution in [3.63, 3.8) is 0 Å². The van der Waals surface area contributed by atoms with E-state index in [9.17, 15) is 18.0 Å². The minimum atomic E-state index is -4.85. The quantitative estimate of drug-likeness (QED) is 0.596. The third-order valence-corrected chi connectivity index (χ3v) is 2.89. The van der Waals surface area contributed by atoms with Gasteiger partial charge in [0, 0.05) is 9.13 Å². The van der Waals surface area contributed by atoms with Crippen LogP contribution in [-0.2, 0) is 0 Å². The lowest BCUT2D eigenvalue weighted by Crippen LogP contribution is -2.19. The predicted octanol–water partition coefficient (Wildman–Crippen LogP) is 3.27. The van der Waals surface area contributed by atoms with Gasteiger partial charge in [0.25, 0.3) is 5.24 Å². The second-order valence-corrected chi connectivity index (χ2v) is 4.25. The molecule has 0 aliphatic heterocycles. The van der Waals surface area contributed by atoms with Crippen molar-refractivity contribution in [1.82, 2.24) is 4.98 Å². The van der Waals surface area contributed by atoms with Crippen molar-refractivity contribution < 1.29 is 22.7 Å². The molecular formula is C8H4ClF3INO2. The predicted molar refractivity (Wildman–Crippen MR) is 58.6 cm³/mol. The number of aromatic nitrogens is 1. The molecule has 0 aliphatic rings. The van der Waals surface area contributed by atoms with Gasteiger partial charge in [-0.2, -0.15) is 0 Å². The summed E-state index contributed by atoms with van der Waals surface area (Å²) in [6, 6.07) is 1.29. The average molecular weight is 365 g/mol. The van der Waals surface area contributed by atoms with E-state index in [0.29, 0.717) is 3.57 Å². The Morgan fingerprint density at radius 1 is 1.56 bits per heavy atom. The molecule has 1 heterocycles. The highest BCUT2D eigenvalue weighted by molar-refractivity contribution is 14.1. The third kappa shape index (κ3) is 3.48. The highest BCUT2D eigenvalue weighted by atomic mass is 127. The lowest BCUT2D eigenvalue weighted by atomic mass is 10.2. The molecule has 3 nitrogen and oxygen atoms in total. The van der Waals surface area contributed by atoms with E-state index in [2.05, 4.69) is 9.72 Å². The van der Waals surface area contributed by atoms with E-state index in [1.165, 1.54) is 13.0 Å². The second kappa shape index (κ2) is 4.74. The van der Waals surface area contributed by atoms with Crippen LogP contribution in [0.1, 0.15) is 16.1 Å². The first-order chi connectivity index (χ1) is 7.20. The molecule has 1 rings (SSSR count). The zero-order valence-corrected chi connectivity index (χ0v) is 10.6. The highest BCUT2D eigenvalue weighted by Crippen LogP contribution is 2.27. The molecule has 0 amide bonds. The van der Waals surface area contributed by atoms with E-state index in [4.69, 9.17) is 11.6 Å². The van der Waals surface area contributed by atoms with Crippen LogP contribution in [0.4, 0.5) is 13.2 Å². The van der Waals surface area contributed by atoms with Crippen LogP contribution >= 0.6 is 34.2 Å².